The third kappa shape index (κ3) is 5.38. The van der Waals surface area contributed by atoms with Gasteiger partial charge in [0, 0.05) is 32.2 Å². The number of aryl methyl sites for hydroxylation is 2. The molecule has 0 unspecified atom stereocenters. The maximum Gasteiger partial charge on any atom is 0.240 e. The minimum absolute atomic E-state index is 0.256. The Bertz CT molecular complexity index is 865. The average molecular weight is 391 g/mol. The molecular formula is C18H25N5O3S. The lowest BCUT2D eigenvalue weighted by atomic mass is 10.2. The highest BCUT2D eigenvalue weighted by Gasteiger charge is 2.15. The van der Waals surface area contributed by atoms with E-state index in [1.54, 1.807) is 24.3 Å². The molecule has 0 saturated carbocycles. The predicted molar refractivity (Wildman–Crippen MR) is 105 cm³/mol. The lowest BCUT2D eigenvalue weighted by Crippen LogP contribution is -2.37. The van der Waals surface area contributed by atoms with Crippen LogP contribution in [0.3, 0.4) is 0 Å². The van der Waals surface area contributed by atoms with E-state index < -0.39 is 10.0 Å². The van der Waals surface area contributed by atoms with Crippen molar-refractivity contribution in [2.75, 3.05) is 49.6 Å². The molecule has 1 aliphatic heterocycles. The van der Waals surface area contributed by atoms with E-state index in [1.165, 1.54) is 0 Å². The van der Waals surface area contributed by atoms with Crippen LogP contribution in [-0.2, 0) is 14.8 Å². The highest BCUT2D eigenvalue weighted by molar-refractivity contribution is 7.89. The summed E-state index contributed by atoms with van der Waals surface area (Å²) in [5, 5.41) is 3.16. The number of nitrogens with one attached hydrogen (secondary N) is 2. The van der Waals surface area contributed by atoms with Crippen LogP contribution in [-0.4, -0.2) is 57.8 Å². The lowest BCUT2D eigenvalue weighted by molar-refractivity contribution is 0.122. The van der Waals surface area contributed by atoms with Crippen LogP contribution in [0.1, 0.15) is 11.4 Å². The maximum absolute atomic E-state index is 12.3. The average Bonchev–Trinajstić information content (AvgIpc) is 2.66. The standard InChI is InChI=1S/C18H25N5O3S/c1-14-3-5-16(6-4-14)27(24,25)20-8-7-19-17-13-18(22-15(2)21-17)23-9-11-26-12-10-23/h3-6,13,20H,7-12H2,1-2H3,(H,19,21,22). The SMILES string of the molecule is Cc1ccc(S(=O)(=O)NCCNc2cc(N3CCOCC3)nc(C)n2)cc1. The highest BCUT2D eigenvalue weighted by Crippen LogP contribution is 2.17. The summed E-state index contributed by atoms with van der Waals surface area (Å²) in [6.45, 7) is 7.41. The van der Waals surface area contributed by atoms with Crippen LogP contribution < -0.4 is 14.9 Å². The Balaban J connectivity index is 1.55. The van der Waals surface area contributed by atoms with E-state index in [2.05, 4.69) is 24.9 Å². The van der Waals surface area contributed by atoms with Gasteiger partial charge in [-0.05, 0) is 26.0 Å². The molecule has 1 aromatic heterocycles. The summed E-state index contributed by atoms with van der Waals surface area (Å²) >= 11 is 0. The number of hydrogen-bond donors (Lipinski definition) is 2. The van der Waals surface area contributed by atoms with Crippen LogP contribution in [0, 0.1) is 13.8 Å². The fourth-order valence-electron chi connectivity index (χ4n) is 2.77. The third-order valence-corrected chi connectivity index (χ3v) is 5.69. The molecule has 1 fully saturated rings. The fourth-order valence-corrected chi connectivity index (χ4v) is 3.81. The molecular weight excluding hydrogens is 366 g/mol. The van der Waals surface area contributed by atoms with Crippen molar-refractivity contribution < 1.29 is 13.2 Å². The molecule has 1 aliphatic rings. The van der Waals surface area contributed by atoms with Crippen molar-refractivity contribution >= 4 is 21.7 Å². The Morgan fingerprint density at radius 2 is 1.78 bits per heavy atom. The van der Waals surface area contributed by atoms with E-state index in [0.717, 1.165) is 24.5 Å². The van der Waals surface area contributed by atoms with Crippen LogP contribution >= 0.6 is 0 Å². The van der Waals surface area contributed by atoms with Gasteiger partial charge in [0.25, 0.3) is 0 Å². The number of aromatic nitrogens is 2. The quantitative estimate of drug-likeness (QED) is 0.687. The first kappa shape index (κ1) is 19.5. The van der Waals surface area contributed by atoms with Crippen LogP contribution in [0.15, 0.2) is 35.2 Å². The lowest BCUT2D eigenvalue weighted by Gasteiger charge is -2.28. The van der Waals surface area contributed by atoms with E-state index in [4.69, 9.17) is 4.74 Å². The van der Waals surface area contributed by atoms with Crippen LogP contribution in [0.25, 0.3) is 0 Å². The molecule has 1 saturated heterocycles. The van der Waals surface area contributed by atoms with E-state index in [1.807, 2.05) is 19.9 Å². The van der Waals surface area contributed by atoms with E-state index in [9.17, 15) is 8.42 Å². The first-order chi connectivity index (χ1) is 12.9. The Labute approximate surface area is 160 Å². The largest absolute Gasteiger partial charge is 0.378 e. The van der Waals surface area contributed by atoms with Gasteiger partial charge in [-0.1, -0.05) is 17.7 Å². The van der Waals surface area contributed by atoms with Gasteiger partial charge in [0.15, 0.2) is 0 Å². The second-order valence-corrected chi connectivity index (χ2v) is 8.16. The molecule has 9 heteroatoms. The molecule has 8 nitrogen and oxygen atoms in total. The maximum atomic E-state index is 12.3. The zero-order valence-electron chi connectivity index (χ0n) is 15.6. The van der Waals surface area contributed by atoms with Gasteiger partial charge in [-0.2, -0.15) is 0 Å². The summed E-state index contributed by atoms with van der Waals surface area (Å²) in [6, 6.07) is 8.65. The summed E-state index contributed by atoms with van der Waals surface area (Å²) in [7, 11) is -3.51. The summed E-state index contributed by atoms with van der Waals surface area (Å²) in [5.74, 6) is 2.20. The first-order valence-electron chi connectivity index (χ1n) is 8.93. The number of benzene rings is 1. The van der Waals surface area contributed by atoms with Gasteiger partial charge in [-0.3, -0.25) is 0 Å². The Morgan fingerprint density at radius 3 is 2.48 bits per heavy atom. The van der Waals surface area contributed by atoms with Gasteiger partial charge < -0.3 is 15.0 Å². The second kappa shape index (κ2) is 8.64. The third-order valence-electron chi connectivity index (χ3n) is 4.21. The van der Waals surface area contributed by atoms with Crippen LogP contribution in [0.5, 0.6) is 0 Å². The van der Waals surface area contributed by atoms with Crippen molar-refractivity contribution in [3.8, 4) is 0 Å². The van der Waals surface area contributed by atoms with Gasteiger partial charge in [0.2, 0.25) is 10.0 Å². The molecule has 2 N–H and O–H groups in total. The molecule has 0 amide bonds. The molecule has 0 spiro atoms. The molecule has 1 aromatic carbocycles. The second-order valence-electron chi connectivity index (χ2n) is 6.40. The van der Waals surface area contributed by atoms with Crippen molar-refractivity contribution in [1.29, 1.82) is 0 Å². The van der Waals surface area contributed by atoms with E-state index in [0.29, 0.717) is 31.4 Å². The van der Waals surface area contributed by atoms with Crippen LogP contribution in [0.4, 0.5) is 11.6 Å². The molecule has 0 aliphatic carbocycles. The molecule has 2 aromatic rings. The fraction of sp³-hybridized carbons (Fsp3) is 0.444. The van der Waals surface area contributed by atoms with Gasteiger partial charge >= 0.3 is 0 Å². The first-order valence-corrected chi connectivity index (χ1v) is 10.4. The zero-order chi connectivity index (χ0) is 19.3. The molecule has 3 rings (SSSR count). The van der Waals surface area contributed by atoms with E-state index >= 15 is 0 Å². The minimum Gasteiger partial charge on any atom is -0.378 e. The molecule has 0 atom stereocenters. The number of ether oxygens (including phenoxy) is 1. The highest BCUT2D eigenvalue weighted by atomic mass is 32.2. The zero-order valence-corrected chi connectivity index (χ0v) is 16.4. The van der Waals surface area contributed by atoms with Crippen molar-refractivity contribution in [3.05, 3.63) is 41.7 Å². The van der Waals surface area contributed by atoms with Crippen molar-refractivity contribution in [3.63, 3.8) is 0 Å². The van der Waals surface area contributed by atoms with Gasteiger partial charge in [-0.15, -0.1) is 0 Å². The van der Waals surface area contributed by atoms with Crippen molar-refractivity contribution in [2.45, 2.75) is 18.7 Å². The monoisotopic (exact) mass is 391 g/mol. The number of morpholine rings is 1. The van der Waals surface area contributed by atoms with Gasteiger partial charge in [0.1, 0.15) is 17.5 Å². The topological polar surface area (TPSA) is 96.5 Å². The number of nitrogens with zero attached hydrogens (tertiary/aromatic N) is 3. The van der Waals surface area contributed by atoms with Crippen LogP contribution in [0.2, 0.25) is 0 Å². The summed E-state index contributed by atoms with van der Waals surface area (Å²) < 4.78 is 32.5. The minimum atomic E-state index is -3.51. The molecule has 0 bridgehead atoms. The number of rotatable bonds is 7. The van der Waals surface area contributed by atoms with E-state index in [-0.39, 0.29) is 11.4 Å². The summed E-state index contributed by atoms with van der Waals surface area (Å²) in [6.07, 6.45) is 0. The normalized spacial score (nSPS) is 15.0. The number of sulfonamides is 1. The Morgan fingerprint density at radius 1 is 1.07 bits per heavy atom. The molecule has 0 radical (unpaired) electrons. The predicted octanol–water partition coefficient (Wildman–Crippen LogP) is 1.32. The van der Waals surface area contributed by atoms with Crippen molar-refractivity contribution in [2.24, 2.45) is 0 Å². The van der Waals surface area contributed by atoms with Gasteiger partial charge in [0.05, 0.1) is 18.1 Å². The Kier molecular flexibility index (Phi) is 6.25. The molecule has 27 heavy (non-hydrogen) atoms. The summed E-state index contributed by atoms with van der Waals surface area (Å²) in [4.78, 5) is 11.3. The Hall–Kier alpha value is -2.23. The van der Waals surface area contributed by atoms with Crippen molar-refractivity contribution in [1.82, 2.24) is 14.7 Å². The number of anilines is 2. The smallest absolute Gasteiger partial charge is 0.240 e. The summed E-state index contributed by atoms with van der Waals surface area (Å²) in [5.41, 5.74) is 1.02. The molecule has 146 valence electrons. The molecule has 2 heterocycles. The number of hydrogen-bond acceptors (Lipinski definition) is 7. The van der Waals surface area contributed by atoms with Gasteiger partial charge in [-0.25, -0.2) is 23.1 Å².